The molecule has 4 heteroatoms. The smallest absolute Gasteiger partial charge is 0.227 e. The van der Waals surface area contributed by atoms with Crippen molar-refractivity contribution in [2.24, 2.45) is 5.41 Å². The molecule has 1 unspecified atom stereocenters. The zero-order valence-electron chi connectivity index (χ0n) is 9.58. The fourth-order valence-electron chi connectivity index (χ4n) is 1.98. The van der Waals surface area contributed by atoms with Crippen molar-refractivity contribution in [3.05, 3.63) is 22.4 Å². The van der Waals surface area contributed by atoms with Gasteiger partial charge in [-0.3, -0.25) is 4.79 Å². The first-order valence-corrected chi connectivity index (χ1v) is 6.60. The van der Waals surface area contributed by atoms with Crippen molar-refractivity contribution in [1.82, 2.24) is 10.6 Å². The summed E-state index contributed by atoms with van der Waals surface area (Å²) in [5.74, 6) is 0.189. The lowest BCUT2D eigenvalue weighted by Gasteiger charge is -2.21. The lowest BCUT2D eigenvalue weighted by molar-refractivity contribution is -0.129. The number of rotatable bonds is 4. The summed E-state index contributed by atoms with van der Waals surface area (Å²) in [7, 11) is 0. The van der Waals surface area contributed by atoms with E-state index in [1.165, 1.54) is 4.88 Å². The summed E-state index contributed by atoms with van der Waals surface area (Å²) < 4.78 is 0. The van der Waals surface area contributed by atoms with Gasteiger partial charge in [0.1, 0.15) is 0 Å². The van der Waals surface area contributed by atoms with E-state index >= 15 is 0 Å². The highest BCUT2D eigenvalue weighted by molar-refractivity contribution is 7.09. The molecule has 3 nitrogen and oxygen atoms in total. The second-order valence-corrected chi connectivity index (χ2v) is 5.60. The van der Waals surface area contributed by atoms with Crippen molar-refractivity contribution >= 4 is 17.2 Å². The van der Waals surface area contributed by atoms with E-state index in [1.807, 2.05) is 13.0 Å². The Morgan fingerprint density at radius 2 is 2.56 bits per heavy atom. The fourth-order valence-corrected chi connectivity index (χ4v) is 2.69. The van der Waals surface area contributed by atoms with Gasteiger partial charge in [0.15, 0.2) is 0 Å². The first kappa shape index (κ1) is 11.6. The molecule has 0 aromatic carbocycles. The normalized spacial score (nSPS) is 24.6. The van der Waals surface area contributed by atoms with E-state index in [4.69, 9.17) is 0 Å². The van der Waals surface area contributed by atoms with Gasteiger partial charge in [-0.1, -0.05) is 6.07 Å². The Balaban J connectivity index is 1.75. The highest BCUT2D eigenvalue weighted by Crippen LogP contribution is 2.24. The minimum Gasteiger partial charge on any atom is -0.355 e. The molecule has 1 aromatic heterocycles. The Bertz CT molecular complexity index is 342. The monoisotopic (exact) mass is 238 g/mol. The Hall–Kier alpha value is -0.870. The van der Waals surface area contributed by atoms with Crippen LogP contribution in [-0.4, -0.2) is 25.5 Å². The lowest BCUT2D eigenvalue weighted by atomic mass is 9.89. The van der Waals surface area contributed by atoms with Gasteiger partial charge >= 0.3 is 0 Å². The molecule has 0 saturated carbocycles. The van der Waals surface area contributed by atoms with Gasteiger partial charge in [0.05, 0.1) is 5.41 Å². The zero-order valence-corrected chi connectivity index (χ0v) is 10.4. The molecule has 88 valence electrons. The van der Waals surface area contributed by atoms with E-state index in [0.29, 0.717) is 0 Å². The van der Waals surface area contributed by atoms with Gasteiger partial charge in [0, 0.05) is 18.0 Å². The first-order chi connectivity index (χ1) is 7.71. The molecular formula is C12H18N2OS. The Labute approximate surface area is 100 Å². The standard InChI is InChI=1S/C12H18N2OS/c1-12(5-7-13-9-12)11(15)14-6-4-10-3-2-8-16-10/h2-3,8,13H,4-7,9H2,1H3,(H,14,15). The number of hydrogen-bond acceptors (Lipinski definition) is 3. The third-order valence-corrected chi connectivity index (χ3v) is 4.09. The maximum atomic E-state index is 11.9. The Kier molecular flexibility index (Phi) is 3.61. The van der Waals surface area contributed by atoms with Gasteiger partial charge in [0.2, 0.25) is 5.91 Å². The summed E-state index contributed by atoms with van der Waals surface area (Å²) >= 11 is 1.74. The summed E-state index contributed by atoms with van der Waals surface area (Å²) in [6.45, 7) is 4.54. The molecule has 0 bridgehead atoms. The van der Waals surface area contributed by atoms with Crippen LogP contribution in [0.2, 0.25) is 0 Å². The molecule has 16 heavy (non-hydrogen) atoms. The molecule has 2 N–H and O–H groups in total. The molecule has 1 aliphatic rings. The number of amides is 1. The fraction of sp³-hybridized carbons (Fsp3) is 0.583. The van der Waals surface area contributed by atoms with E-state index in [1.54, 1.807) is 11.3 Å². The summed E-state index contributed by atoms with van der Waals surface area (Å²) in [4.78, 5) is 13.3. The maximum absolute atomic E-state index is 11.9. The van der Waals surface area contributed by atoms with E-state index in [9.17, 15) is 4.79 Å². The maximum Gasteiger partial charge on any atom is 0.227 e. The number of carbonyl (C=O) groups is 1. The van der Waals surface area contributed by atoms with Crippen LogP contribution >= 0.6 is 11.3 Å². The molecular weight excluding hydrogens is 220 g/mol. The largest absolute Gasteiger partial charge is 0.355 e. The molecule has 0 aliphatic carbocycles. The molecule has 0 radical (unpaired) electrons. The van der Waals surface area contributed by atoms with Gasteiger partial charge in [-0.15, -0.1) is 11.3 Å². The average molecular weight is 238 g/mol. The molecule has 1 aliphatic heterocycles. The van der Waals surface area contributed by atoms with Crippen molar-refractivity contribution in [2.45, 2.75) is 19.8 Å². The molecule has 1 atom stereocenters. The highest BCUT2D eigenvalue weighted by Gasteiger charge is 2.35. The van der Waals surface area contributed by atoms with Gasteiger partial charge in [-0.25, -0.2) is 0 Å². The first-order valence-electron chi connectivity index (χ1n) is 5.72. The van der Waals surface area contributed by atoms with Crippen LogP contribution in [0.4, 0.5) is 0 Å². The minimum atomic E-state index is -0.199. The number of nitrogens with one attached hydrogen (secondary N) is 2. The molecule has 2 rings (SSSR count). The van der Waals surface area contributed by atoms with Crippen molar-refractivity contribution in [1.29, 1.82) is 0 Å². The van der Waals surface area contributed by atoms with E-state index in [0.717, 1.165) is 32.5 Å². The van der Waals surface area contributed by atoms with Crippen molar-refractivity contribution in [3.63, 3.8) is 0 Å². The van der Waals surface area contributed by atoms with Crippen LogP contribution in [0.5, 0.6) is 0 Å². The number of thiophene rings is 1. The van der Waals surface area contributed by atoms with E-state index in [-0.39, 0.29) is 11.3 Å². The predicted molar refractivity (Wildman–Crippen MR) is 66.6 cm³/mol. The summed E-state index contributed by atoms with van der Waals surface area (Å²) in [5, 5.41) is 8.34. The number of hydrogen-bond donors (Lipinski definition) is 2. The topological polar surface area (TPSA) is 41.1 Å². The second kappa shape index (κ2) is 4.97. The third kappa shape index (κ3) is 2.62. The van der Waals surface area contributed by atoms with E-state index in [2.05, 4.69) is 22.1 Å². The molecule has 1 amide bonds. The third-order valence-electron chi connectivity index (χ3n) is 3.15. The van der Waals surface area contributed by atoms with Crippen LogP contribution in [0.3, 0.4) is 0 Å². The molecule has 2 heterocycles. The van der Waals surface area contributed by atoms with Crippen molar-refractivity contribution in [2.75, 3.05) is 19.6 Å². The molecule has 1 aromatic rings. The zero-order chi connectivity index (χ0) is 11.4. The summed E-state index contributed by atoms with van der Waals surface area (Å²) in [5.41, 5.74) is -0.199. The quantitative estimate of drug-likeness (QED) is 0.832. The van der Waals surface area contributed by atoms with E-state index < -0.39 is 0 Å². The highest BCUT2D eigenvalue weighted by atomic mass is 32.1. The average Bonchev–Trinajstić information content (AvgIpc) is 2.90. The van der Waals surface area contributed by atoms with Crippen LogP contribution < -0.4 is 10.6 Å². The predicted octanol–water partition coefficient (Wildman–Crippen LogP) is 1.41. The lowest BCUT2D eigenvalue weighted by Crippen LogP contribution is -2.41. The van der Waals surface area contributed by atoms with Crippen LogP contribution in [-0.2, 0) is 11.2 Å². The molecule has 1 saturated heterocycles. The molecule has 1 fully saturated rings. The SMILES string of the molecule is CC1(C(=O)NCCc2cccs2)CCNC1. The Morgan fingerprint density at radius 1 is 1.69 bits per heavy atom. The Morgan fingerprint density at radius 3 is 3.19 bits per heavy atom. The van der Waals surface area contributed by atoms with Crippen molar-refractivity contribution < 1.29 is 4.79 Å². The van der Waals surface area contributed by atoms with Gasteiger partial charge in [-0.05, 0) is 37.8 Å². The van der Waals surface area contributed by atoms with Gasteiger partial charge in [-0.2, -0.15) is 0 Å². The summed E-state index contributed by atoms with van der Waals surface area (Å²) in [6.07, 6.45) is 1.88. The second-order valence-electron chi connectivity index (χ2n) is 4.57. The van der Waals surface area contributed by atoms with Crippen LogP contribution in [0.15, 0.2) is 17.5 Å². The molecule has 0 spiro atoms. The minimum absolute atomic E-state index is 0.189. The van der Waals surface area contributed by atoms with Crippen LogP contribution in [0.25, 0.3) is 0 Å². The van der Waals surface area contributed by atoms with Gasteiger partial charge < -0.3 is 10.6 Å². The van der Waals surface area contributed by atoms with Gasteiger partial charge in [0.25, 0.3) is 0 Å². The van der Waals surface area contributed by atoms with Crippen LogP contribution in [0.1, 0.15) is 18.2 Å². The van der Waals surface area contributed by atoms with Crippen molar-refractivity contribution in [3.8, 4) is 0 Å². The number of carbonyl (C=O) groups excluding carboxylic acids is 1. The summed E-state index contributed by atoms with van der Waals surface area (Å²) in [6, 6.07) is 4.15. The van der Waals surface area contributed by atoms with Crippen LogP contribution in [0, 0.1) is 5.41 Å².